The lowest BCUT2D eigenvalue weighted by atomic mass is 9.81. The Morgan fingerprint density at radius 1 is 0.857 bits per heavy atom. The lowest BCUT2D eigenvalue weighted by Gasteiger charge is -2.43. The summed E-state index contributed by atoms with van der Waals surface area (Å²) in [6.45, 7) is 2.30. The summed E-state index contributed by atoms with van der Waals surface area (Å²) < 4.78 is 0. The number of carbonyl (C=O) groups is 1. The third kappa shape index (κ3) is 3.26. The summed E-state index contributed by atoms with van der Waals surface area (Å²) in [6.07, 6.45) is 18.2. The number of ketones is 1. The topological polar surface area (TPSA) is 20.3 Å². The maximum atomic E-state index is 13.4. The standard InChI is InChI=1S/C19H31NO/c21-18(17-11-5-2-1-3-6-12-17)19(13-7-8-14-19)20-15-9-4-10-16-20/h11H,1-10,12-16H2. The first-order valence-electron chi connectivity index (χ1n) is 9.32. The highest BCUT2D eigenvalue weighted by atomic mass is 16.1. The summed E-state index contributed by atoms with van der Waals surface area (Å²) in [5.41, 5.74) is 1.08. The predicted molar refractivity (Wildman–Crippen MR) is 87.4 cm³/mol. The first kappa shape index (κ1) is 15.3. The van der Waals surface area contributed by atoms with Gasteiger partial charge in [0.25, 0.3) is 0 Å². The average Bonchev–Trinajstić information content (AvgIpc) is 2.98. The zero-order chi connectivity index (χ0) is 14.5. The zero-order valence-electron chi connectivity index (χ0n) is 13.5. The van der Waals surface area contributed by atoms with Crippen molar-refractivity contribution in [2.24, 2.45) is 0 Å². The molecule has 1 heterocycles. The Balaban J connectivity index is 1.80. The van der Waals surface area contributed by atoms with Gasteiger partial charge >= 0.3 is 0 Å². The second-order valence-corrected chi connectivity index (χ2v) is 7.30. The molecular formula is C19H31NO. The Morgan fingerprint density at radius 2 is 1.52 bits per heavy atom. The van der Waals surface area contributed by atoms with Crippen molar-refractivity contribution in [2.45, 2.75) is 89.0 Å². The van der Waals surface area contributed by atoms with Crippen LogP contribution in [0.25, 0.3) is 0 Å². The van der Waals surface area contributed by atoms with Crippen molar-refractivity contribution in [1.29, 1.82) is 0 Å². The van der Waals surface area contributed by atoms with Gasteiger partial charge in [-0.2, -0.15) is 0 Å². The summed E-state index contributed by atoms with van der Waals surface area (Å²) in [7, 11) is 0. The van der Waals surface area contributed by atoms with E-state index in [4.69, 9.17) is 0 Å². The van der Waals surface area contributed by atoms with Gasteiger partial charge < -0.3 is 0 Å². The monoisotopic (exact) mass is 289 g/mol. The van der Waals surface area contributed by atoms with Crippen molar-refractivity contribution < 1.29 is 4.79 Å². The van der Waals surface area contributed by atoms with E-state index in [2.05, 4.69) is 11.0 Å². The van der Waals surface area contributed by atoms with Crippen LogP contribution in [0, 0.1) is 0 Å². The fourth-order valence-electron chi connectivity index (χ4n) is 4.67. The van der Waals surface area contributed by atoms with Gasteiger partial charge in [-0.05, 0) is 70.0 Å². The minimum absolute atomic E-state index is 0.106. The van der Waals surface area contributed by atoms with Crippen LogP contribution in [0.15, 0.2) is 11.6 Å². The van der Waals surface area contributed by atoms with Gasteiger partial charge in [0, 0.05) is 0 Å². The van der Waals surface area contributed by atoms with Crippen LogP contribution in [-0.4, -0.2) is 29.3 Å². The van der Waals surface area contributed by atoms with Crippen molar-refractivity contribution in [3.05, 3.63) is 11.6 Å². The second kappa shape index (κ2) is 7.09. The molecule has 0 aromatic heterocycles. The van der Waals surface area contributed by atoms with Gasteiger partial charge in [-0.15, -0.1) is 0 Å². The van der Waals surface area contributed by atoms with Crippen molar-refractivity contribution >= 4 is 5.78 Å². The molecule has 1 saturated heterocycles. The van der Waals surface area contributed by atoms with E-state index < -0.39 is 0 Å². The summed E-state index contributed by atoms with van der Waals surface area (Å²) >= 11 is 0. The quantitative estimate of drug-likeness (QED) is 0.754. The lowest BCUT2D eigenvalue weighted by Crippen LogP contribution is -2.55. The van der Waals surface area contributed by atoms with Crippen LogP contribution in [-0.2, 0) is 4.79 Å². The van der Waals surface area contributed by atoms with Gasteiger partial charge in [-0.3, -0.25) is 9.69 Å². The Labute approximate surface area is 130 Å². The van der Waals surface area contributed by atoms with E-state index in [0.717, 1.165) is 38.8 Å². The summed E-state index contributed by atoms with van der Waals surface area (Å²) in [5, 5.41) is 0. The number of piperidine rings is 1. The highest BCUT2D eigenvalue weighted by molar-refractivity contribution is 6.02. The van der Waals surface area contributed by atoms with Crippen molar-refractivity contribution in [1.82, 2.24) is 4.90 Å². The molecule has 3 rings (SSSR count). The molecule has 0 N–H and O–H groups in total. The van der Waals surface area contributed by atoms with E-state index in [0.29, 0.717) is 5.78 Å². The molecule has 2 nitrogen and oxygen atoms in total. The van der Waals surface area contributed by atoms with Gasteiger partial charge in [-0.1, -0.05) is 38.2 Å². The number of hydrogen-bond acceptors (Lipinski definition) is 2. The Kier molecular flexibility index (Phi) is 5.15. The Morgan fingerprint density at radius 3 is 2.29 bits per heavy atom. The maximum absolute atomic E-state index is 13.4. The third-order valence-electron chi connectivity index (χ3n) is 5.90. The number of allylic oxidation sites excluding steroid dienone is 1. The molecule has 0 aromatic carbocycles. The lowest BCUT2D eigenvalue weighted by molar-refractivity contribution is -0.128. The van der Waals surface area contributed by atoms with Crippen molar-refractivity contribution in [3.63, 3.8) is 0 Å². The Bertz CT molecular complexity index is 386. The smallest absolute Gasteiger partial charge is 0.178 e. The van der Waals surface area contributed by atoms with E-state index in [1.54, 1.807) is 0 Å². The van der Waals surface area contributed by atoms with Crippen LogP contribution in [0.2, 0.25) is 0 Å². The Hall–Kier alpha value is -0.630. The van der Waals surface area contributed by atoms with Crippen LogP contribution < -0.4 is 0 Å². The SMILES string of the molecule is O=C(C1=CCCCCCC1)C1(N2CCCCC2)CCCC1. The molecule has 21 heavy (non-hydrogen) atoms. The normalized spacial score (nSPS) is 27.7. The molecule has 0 bridgehead atoms. The van der Waals surface area contributed by atoms with E-state index in [-0.39, 0.29) is 5.54 Å². The molecule has 0 amide bonds. The third-order valence-corrected chi connectivity index (χ3v) is 5.90. The largest absolute Gasteiger partial charge is 0.292 e. The first-order chi connectivity index (χ1) is 10.3. The van der Waals surface area contributed by atoms with E-state index in [1.165, 1.54) is 63.4 Å². The molecule has 1 aliphatic heterocycles. The van der Waals surface area contributed by atoms with Crippen LogP contribution in [0.4, 0.5) is 0 Å². The van der Waals surface area contributed by atoms with Crippen molar-refractivity contribution in [2.75, 3.05) is 13.1 Å². The van der Waals surface area contributed by atoms with Crippen LogP contribution in [0.3, 0.4) is 0 Å². The van der Waals surface area contributed by atoms with E-state index in [9.17, 15) is 4.79 Å². The van der Waals surface area contributed by atoms with E-state index >= 15 is 0 Å². The molecule has 118 valence electrons. The molecule has 2 aliphatic carbocycles. The van der Waals surface area contributed by atoms with Gasteiger partial charge in [0.2, 0.25) is 0 Å². The number of carbonyl (C=O) groups excluding carboxylic acids is 1. The number of rotatable bonds is 3. The van der Waals surface area contributed by atoms with Crippen LogP contribution in [0.1, 0.15) is 83.5 Å². The highest BCUT2D eigenvalue weighted by Gasteiger charge is 2.46. The van der Waals surface area contributed by atoms with Gasteiger partial charge in [0.05, 0.1) is 5.54 Å². The minimum Gasteiger partial charge on any atom is -0.292 e. The fourth-order valence-corrected chi connectivity index (χ4v) is 4.67. The summed E-state index contributed by atoms with van der Waals surface area (Å²) in [5.74, 6) is 0.517. The summed E-state index contributed by atoms with van der Waals surface area (Å²) in [4.78, 5) is 16.0. The molecule has 0 aromatic rings. The molecular weight excluding hydrogens is 258 g/mol. The van der Waals surface area contributed by atoms with Gasteiger partial charge in [0.15, 0.2) is 5.78 Å². The number of Topliss-reactive ketones (excluding diaryl/α,β-unsaturated/α-hetero) is 1. The maximum Gasteiger partial charge on any atom is 0.178 e. The first-order valence-corrected chi connectivity index (χ1v) is 9.32. The van der Waals surface area contributed by atoms with Crippen molar-refractivity contribution in [3.8, 4) is 0 Å². The van der Waals surface area contributed by atoms with Gasteiger partial charge in [-0.25, -0.2) is 0 Å². The van der Waals surface area contributed by atoms with Gasteiger partial charge in [0.1, 0.15) is 0 Å². The highest BCUT2D eigenvalue weighted by Crippen LogP contribution is 2.40. The average molecular weight is 289 g/mol. The predicted octanol–water partition coefficient (Wildman–Crippen LogP) is 4.63. The van der Waals surface area contributed by atoms with Crippen LogP contribution in [0.5, 0.6) is 0 Å². The summed E-state index contributed by atoms with van der Waals surface area (Å²) in [6, 6.07) is 0. The molecule has 3 aliphatic rings. The molecule has 2 heteroatoms. The van der Waals surface area contributed by atoms with E-state index in [1.807, 2.05) is 0 Å². The molecule has 0 spiro atoms. The molecule has 0 radical (unpaired) electrons. The fraction of sp³-hybridized carbons (Fsp3) is 0.842. The molecule has 2 fully saturated rings. The minimum atomic E-state index is -0.106. The van der Waals surface area contributed by atoms with Crippen LogP contribution >= 0.6 is 0 Å². The molecule has 1 saturated carbocycles. The number of hydrogen-bond donors (Lipinski definition) is 0. The second-order valence-electron chi connectivity index (χ2n) is 7.30. The molecule has 0 atom stereocenters. The zero-order valence-corrected chi connectivity index (χ0v) is 13.5. The molecule has 0 unspecified atom stereocenters. The number of nitrogens with zero attached hydrogens (tertiary/aromatic N) is 1. The number of likely N-dealkylation sites (tertiary alicyclic amines) is 1.